The maximum atomic E-state index is 12.5. The lowest BCUT2D eigenvalue weighted by Gasteiger charge is -2.21. The molecule has 27 heavy (non-hydrogen) atoms. The zero-order valence-corrected chi connectivity index (χ0v) is 16.9. The van der Waals surface area contributed by atoms with E-state index >= 15 is 0 Å². The van der Waals surface area contributed by atoms with E-state index in [9.17, 15) is 9.59 Å². The van der Waals surface area contributed by atoms with E-state index < -0.39 is 0 Å². The van der Waals surface area contributed by atoms with E-state index in [0.717, 1.165) is 34.1 Å². The molecule has 2 aromatic heterocycles. The van der Waals surface area contributed by atoms with E-state index in [1.165, 1.54) is 0 Å². The average molecular weight is 391 g/mol. The van der Waals surface area contributed by atoms with Crippen LogP contribution in [0.25, 0.3) is 0 Å². The van der Waals surface area contributed by atoms with Crippen molar-refractivity contribution in [3.05, 3.63) is 33.1 Å². The number of nitrogens with zero attached hydrogens (tertiary/aromatic N) is 3. The Morgan fingerprint density at radius 3 is 2.85 bits per heavy atom. The Kier molecular flexibility index (Phi) is 6.26. The molecule has 1 aliphatic heterocycles. The summed E-state index contributed by atoms with van der Waals surface area (Å²) in [4.78, 5) is 31.0. The van der Waals surface area contributed by atoms with Gasteiger partial charge in [0.1, 0.15) is 5.76 Å². The van der Waals surface area contributed by atoms with Crippen molar-refractivity contribution in [2.75, 3.05) is 6.54 Å². The molecule has 1 atom stereocenters. The molecule has 0 aliphatic carbocycles. The molecule has 1 unspecified atom stereocenters. The fourth-order valence-electron chi connectivity index (χ4n) is 3.33. The van der Waals surface area contributed by atoms with E-state index in [-0.39, 0.29) is 17.9 Å². The third-order valence-electron chi connectivity index (χ3n) is 4.98. The zero-order chi connectivity index (χ0) is 19.4. The predicted octanol–water partition coefficient (Wildman–Crippen LogP) is 2.69. The number of carbonyl (C=O) groups excluding carboxylic acids is 2. The number of hydrogen-bond acceptors (Lipinski definition) is 6. The molecule has 2 aromatic rings. The van der Waals surface area contributed by atoms with Gasteiger partial charge in [-0.1, -0.05) is 5.16 Å². The summed E-state index contributed by atoms with van der Waals surface area (Å²) in [6.45, 7) is 6.86. The van der Waals surface area contributed by atoms with Gasteiger partial charge in [-0.15, -0.1) is 11.3 Å². The van der Waals surface area contributed by atoms with Crippen LogP contribution >= 0.6 is 11.3 Å². The summed E-state index contributed by atoms with van der Waals surface area (Å²) < 4.78 is 5.19. The second kappa shape index (κ2) is 8.65. The van der Waals surface area contributed by atoms with E-state index in [1.54, 1.807) is 11.3 Å². The van der Waals surface area contributed by atoms with Crippen LogP contribution in [0.1, 0.15) is 53.4 Å². The molecule has 0 spiro atoms. The summed E-state index contributed by atoms with van der Waals surface area (Å²) in [5.74, 6) is 0.897. The molecule has 7 nitrogen and oxygen atoms in total. The standard InChI is InChI=1S/C19H26N4O3S/c1-12-17(13(2)26-22-12)10-23-9-8-15(5-7-19(23)25)21-18(24)6-4-16-11-27-14(3)20-16/h11,15H,4-10H2,1-3H3,(H,21,24). The van der Waals surface area contributed by atoms with Crippen molar-refractivity contribution in [3.8, 4) is 0 Å². The monoisotopic (exact) mass is 390 g/mol. The van der Waals surface area contributed by atoms with Crippen LogP contribution in [0.2, 0.25) is 0 Å². The second-order valence-electron chi connectivity index (χ2n) is 7.07. The highest BCUT2D eigenvalue weighted by Gasteiger charge is 2.25. The summed E-state index contributed by atoms with van der Waals surface area (Å²) in [6.07, 6.45) is 2.96. The number of likely N-dealkylation sites (tertiary alicyclic amines) is 1. The van der Waals surface area contributed by atoms with Crippen LogP contribution in [-0.4, -0.2) is 39.4 Å². The fourth-order valence-corrected chi connectivity index (χ4v) is 3.98. The summed E-state index contributed by atoms with van der Waals surface area (Å²) in [5.41, 5.74) is 2.77. The van der Waals surface area contributed by atoms with Crippen molar-refractivity contribution in [2.45, 2.75) is 65.5 Å². The van der Waals surface area contributed by atoms with Crippen LogP contribution in [0.3, 0.4) is 0 Å². The van der Waals surface area contributed by atoms with Gasteiger partial charge in [0.25, 0.3) is 0 Å². The molecule has 0 aromatic carbocycles. The predicted molar refractivity (Wildman–Crippen MR) is 102 cm³/mol. The fraction of sp³-hybridized carbons (Fsp3) is 0.579. The van der Waals surface area contributed by atoms with Crippen LogP contribution in [0.4, 0.5) is 0 Å². The number of nitrogens with one attached hydrogen (secondary N) is 1. The van der Waals surface area contributed by atoms with Crippen molar-refractivity contribution in [1.82, 2.24) is 20.4 Å². The van der Waals surface area contributed by atoms with Crippen molar-refractivity contribution < 1.29 is 14.1 Å². The third-order valence-corrected chi connectivity index (χ3v) is 5.80. The van der Waals surface area contributed by atoms with Gasteiger partial charge in [-0.05, 0) is 40.0 Å². The van der Waals surface area contributed by atoms with Crippen LogP contribution in [-0.2, 0) is 22.6 Å². The molecule has 1 fully saturated rings. The summed E-state index contributed by atoms with van der Waals surface area (Å²) in [6, 6.07) is 0.0355. The Bertz CT molecular complexity index is 794. The molecule has 8 heteroatoms. The van der Waals surface area contributed by atoms with Gasteiger partial charge in [0.2, 0.25) is 11.8 Å². The highest BCUT2D eigenvalue weighted by Crippen LogP contribution is 2.19. The van der Waals surface area contributed by atoms with Crippen LogP contribution in [0.15, 0.2) is 9.90 Å². The molecular formula is C19H26N4O3S. The zero-order valence-electron chi connectivity index (χ0n) is 16.1. The molecule has 1 aliphatic rings. The minimum absolute atomic E-state index is 0.0253. The van der Waals surface area contributed by atoms with Gasteiger partial charge < -0.3 is 14.7 Å². The molecule has 2 amide bonds. The lowest BCUT2D eigenvalue weighted by Crippen LogP contribution is -2.36. The quantitative estimate of drug-likeness (QED) is 0.819. The van der Waals surface area contributed by atoms with Crippen LogP contribution in [0.5, 0.6) is 0 Å². The molecule has 0 saturated carbocycles. The summed E-state index contributed by atoms with van der Waals surface area (Å²) >= 11 is 1.60. The maximum Gasteiger partial charge on any atom is 0.222 e. The van der Waals surface area contributed by atoms with E-state index in [4.69, 9.17) is 4.52 Å². The Balaban J connectivity index is 1.49. The molecule has 0 radical (unpaired) electrons. The van der Waals surface area contributed by atoms with E-state index in [1.807, 2.05) is 31.1 Å². The minimum atomic E-state index is 0.0253. The smallest absolute Gasteiger partial charge is 0.222 e. The number of aryl methyl sites for hydroxylation is 4. The largest absolute Gasteiger partial charge is 0.361 e. The normalized spacial score (nSPS) is 17.8. The second-order valence-corrected chi connectivity index (χ2v) is 8.13. The van der Waals surface area contributed by atoms with Gasteiger partial charge in [-0.2, -0.15) is 0 Å². The Morgan fingerprint density at radius 1 is 1.37 bits per heavy atom. The van der Waals surface area contributed by atoms with Gasteiger partial charge >= 0.3 is 0 Å². The summed E-state index contributed by atoms with van der Waals surface area (Å²) in [5, 5.41) is 10.1. The summed E-state index contributed by atoms with van der Waals surface area (Å²) in [7, 11) is 0. The van der Waals surface area contributed by atoms with Gasteiger partial charge in [0.05, 0.1) is 22.9 Å². The first-order chi connectivity index (χ1) is 12.9. The minimum Gasteiger partial charge on any atom is -0.361 e. The molecule has 1 saturated heterocycles. The first-order valence-corrected chi connectivity index (χ1v) is 10.2. The first-order valence-electron chi connectivity index (χ1n) is 9.32. The van der Waals surface area contributed by atoms with Gasteiger partial charge in [-0.25, -0.2) is 4.98 Å². The first kappa shape index (κ1) is 19.5. The van der Waals surface area contributed by atoms with E-state index in [2.05, 4.69) is 15.5 Å². The molecule has 1 N–H and O–H groups in total. The molecule has 146 valence electrons. The number of amides is 2. The SMILES string of the molecule is Cc1nc(CCC(=O)NC2CCC(=O)N(Cc3c(C)noc3C)CC2)cs1. The van der Waals surface area contributed by atoms with Gasteiger partial charge in [0, 0.05) is 36.4 Å². The highest BCUT2D eigenvalue weighted by molar-refractivity contribution is 7.09. The molecule has 3 rings (SSSR count). The number of thiazole rings is 1. The van der Waals surface area contributed by atoms with E-state index in [0.29, 0.717) is 38.8 Å². The lowest BCUT2D eigenvalue weighted by molar-refractivity contribution is -0.131. The third kappa shape index (κ3) is 5.15. The molecular weight excluding hydrogens is 364 g/mol. The Hall–Kier alpha value is -2.22. The number of rotatable bonds is 6. The average Bonchev–Trinajstić information content (AvgIpc) is 3.14. The van der Waals surface area contributed by atoms with Crippen molar-refractivity contribution in [3.63, 3.8) is 0 Å². The van der Waals surface area contributed by atoms with Crippen molar-refractivity contribution in [1.29, 1.82) is 0 Å². The molecule has 0 bridgehead atoms. The van der Waals surface area contributed by atoms with Gasteiger partial charge in [0.15, 0.2) is 0 Å². The number of hydrogen-bond donors (Lipinski definition) is 1. The van der Waals surface area contributed by atoms with Crippen LogP contribution < -0.4 is 5.32 Å². The highest BCUT2D eigenvalue weighted by atomic mass is 32.1. The van der Waals surface area contributed by atoms with Crippen molar-refractivity contribution in [2.24, 2.45) is 0 Å². The Labute approximate surface area is 163 Å². The lowest BCUT2D eigenvalue weighted by atomic mass is 10.1. The van der Waals surface area contributed by atoms with Crippen LogP contribution in [0, 0.1) is 20.8 Å². The number of aromatic nitrogens is 2. The topological polar surface area (TPSA) is 88.3 Å². The van der Waals surface area contributed by atoms with Crippen molar-refractivity contribution >= 4 is 23.2 Å². The maximum absolute atomic E-state index is 12.5. The molecule has 3 heterocycles. The Morgan fingerprint density at radius 2 is 2.19 bits per heavy atom. The van der Waals surface area contributed by atoms with Gasteiger partial charge in [-0.3, -0.25) is 9.59 Å². The number of carbonyl (C=O) groups is 2.